The molecule has 0 fully saturated rings. The number of benzene rings is 3. The molecule has 0 aliphatic carbocycles. The van der Waals surface area contributed by atoms with Gasteiger partial charge in [-0.1, -0.05) is 84.4 Å². The average molecular weight is 514 g/mol. The minimum atomic E-state index is -3.59. The Labute approximate surface area is 211 Å². The summed E-state index contributed by atoms with van der Waals surface area (Å²) in [5.74, 6) is -0.866. The molecule has 184 valence electrons. The highest BCUT2D eigenvalue weighted by Gasteiger charge is 2.32. The molecule has 3 aromatic carbocycles. The summed E-state index contributed by atoms with van der Waals surface area (Å²) in [6, 6.07) is 24.4. The minimum absolute atomic E-state index is 0.130. The van der Waals surface area contributed by atoms with Crippen LogP contribution in [0.15, 0.2) is 84.9 Å². The van der Waals surface area contributed by atoms with Crippen LogP contribution in [0.25, 0.3) is 0 Å². The molecule has 3 aromatic rings. The van der Waals surface area contributed by atoms with Gasteiger partial charge in [-0.25, -0.2) is 8.42 Å². The average Bonchev–Trinajstić information content (AvgIpc) is 2.84. The summed E-state index contributed by atoms with van der Waals surface area (Å²) >= 11 is 5.95. The van der Waals surface area contributed by atoms with Gasteiger partial charge in [0.25, 0.3) is 0 Å². The summed E-state index contributed by atoms with van der Waals surface area (Å²) in [7, 11) is -2.25. The number of amides is 2. The zero-order valence-corrected chi connectivity index (χ0v) is 21.2. The fraction of sp³-hybridized carbons (Fsp3) is 0.231. The van der Waals surface area contributed by atoms with E-state index in [4.69, 9.17) is 11.6 Å². The predicted octanol–water partition coefficient (Wildman–Crippen LogP) is 3.62. The van der Waals surface area contributed by atoms with Crippen LogP contribution in [0.5, 0.6) is 0 Å². The molecule has 0 saturated carbocycles. The van der Waals surface area contributed by atoms with Crippen LogP contribution < -0.4 is 5.32 Å². The van der Waals surface area contributed by atoms with Gasteiger partial charge in [0.1, 0.15) is 6.04 Å². The van der Waals surface area contributed by atoms with Crippen molar-refractivity contribution in [3.8, 4) is 0 Å². The molecule has 7 nitrogen and oxygen atoms in total. The molecule has 35 heavy (non-hydrogen) atoms. The maximum atomic E-state index is 13.5. The topological polar surface area (TPSA) is 86.8 Å². The Balaban J connectivity index is 1.95. The number of nitrogens with one attached hydrogen (secondary N) is 1. The van der Waals surface area contributed by atoms with E-state index in [9.17, 15) is 18.0 Å². The van der Waals surface area contributed by atoms with Crippen LogP contribution in [0.2, 0.25) is 5.02 Å². The summed E-state index contributed by atoms with van der Waals surface area (Å²) in [4.78, 5) is 28.4. The summed E-state index contributed by atoms with van der Waals surface area (Å²) < 4.78 is 24.9. The van der Waals surface area contributed by atoms with Crippen molar-refractivity contribution in [1.29, 1.82) is 0 Å². The maximum Gasteiger partial charge on any atom is 0.247 e. The SMILES string of the molecule is CN(CC(=O)N(Cc1ccccc1)[C@H](C(=O)NCc1ccc(Cl)cc1)c1ccccc1)S(C)(=O)=O. The first kappa shape index (κ1) is 26.4. The van der Waals surface area contributed by atoms with E-state index in [-0.39, 0.29) is 25.5 Å². The molecule has 0 aromatic heterocycles. The van der Waals surface area contributed by atoms with E-state index in [1.54, 1.807) is 36.4 Å². The van der Waals surface area contributed by atoms with Gasteiger partial charge < -0.3 is 10.2 Å². The summed E-state index contributed by atoms with van der Waals surface area (Å²) in [6.45, 7) is -0.0133. The Morgan fingerprint density at radius 3 is 2.03 bits per heavy atom. The van der Waals surface area contributed by atoms with Gasteiger partial charge in [0.05, 0.1) is 12.8 Å². The zero-order chi connectivity index (χ0) is 25.4. The van der Waals surface area contributed by atoms with Gasteiger partial charge in [-0.3, -0.25) is 9.59 Å². The van der Waals surface area contributed by atoms with Crippen LogP contribution in [-0.2, 0) is 32.7 Å². The maximum absolute atomic E-state index is 13.5. The Kier molecular flexibility index (Phi) is 9.03. The van der Waals surface area contributed by atoms with Gasteiger partial charge in [-0.15, -0.1) is 0 Å². The lowest BCUT2D eigenvalue weighted by Crippen LogP contribution is -2.47. The first-order valence-corrected chi connectivity index (χ1v) is 13.2. The third kappa shape index (κ3) is 7.65. The number of nitrogens with zero attached hydrogens (tertiary/aromatic N) is 2. The van der Waals surface area contributed by atoms with Crippen LogP contribution in [0.1, 0.15) is 22.7 Å². The first-order valence-electron chi connectivity index (χ1n) is 11.0. The Morgan fingerprint density at radius 2 is 1.46 bits per heavy atom. The highest BCUT2D eigenvalue weighted by molar-refractivity contribution is 7.88. The Hall–Kier alpha value is -3.20. The minimum Gasteiger partial charge on any atom is -0.350 e. The smallest absolute Gasteiger partial charge is 0.247 e. The summed E-state index contributed by atoms with van der Waals surface area (Å²) in [5.41, 5.74) is 2.29. The largest absolute Gasteiger partial charge is 0.350 e. The van der Waals surface area contributed by atoms with E-state index in [2.05, 4.69) is 5.32 Å². The third-order valence-corrected chi connectivity index (χ3v) is 7.01. The Bertz CT molecular complexity index is 1240. The van der Waals surface area contributed by atoms with Gasteiger partial charge in [-0.05, 0) is 28.8 Å². The van der Waals surface area contributed by atoms with E-state index >= 15 is 0 Å². The normalized spacial score (nSPS) is 12.2. The molecule has 0 radical (unpaired) electrons. The lowest BCUT2D eigenvalue weighted by Gasteiger charge is -2.32. The summed E-state index contributed by atoms with van der Waals surface area (Å²) in [6.07, 6.45) is 1.04. The molecule has 1 atom stereocenters. The molecule has 0 aliphatic heterocycles. The van der Waals surface area contributed by atoms with Crippen LogP contribution in [0, 0.1) is 0 Å². The van der Waals surface area contributed by atoms with Crippen molar-refractivity contribution in [3.63, 3.8) is 0 Å². The number of sulfonamides is 1. The quantitative estimate of drug-likeness (QED) is 0.448. The van der Waals surface area contributed by atoms with E-state index in [1.165, 1.54) is 11.9 Å². The molecule has 0 aliphatic rings. The fourth-order valence-electron chi connectivity index (χ4n) is 3.50. The molecule has 0 bridgehead atoms. The highest BCUT2D eigenvalue weighted by Crippen LogP contribution is 2.24. The van der Waals surface area contributed by atoms with Crippen molar-refractivity contribution < 1.29 is 18.0 Å². The Morgan fingerprint density at radius 1 is 0.886 bits per heavy atom. The van der Waals surface area contributed by atoms with Crippen LogP contribution >= 0.6 is 11.6 Å². The molecule has 1 N–H and O–H groups in total. The second kappa shape index (κ2) is 12.0. The predicted molar refractivity (Wildman–Crippen MR) is 137 cm³/mol. The van der Waals surface area contributed by atoms with Crippen molar-refractivity contribution in [2.45, 2.75) is 19.1 Å². The number of hydrogen-bond acceptors (Lipinski definition) is 4. The fourth-order valence-corrected chi connectivity index (χ4v) is 3.97. The van der Waals surface area contributed by atoms with Crippen molar-refractivity contribution in [3.05, 3.63) is 107 Å². The number of carbonyl (C=O) groups excluding carboxylic acids is 2. The molecule has 0 spiro atoms. The number of carbonyl (C=O) groups is 2. The van der Waals surface area contributed by atoms with Gasteiger partial charge in [0, 0.05) is 25.2 Å². The molecular weight excluding hydrogens is 486 g/mol. The molecule has 0 unspecified atom stereocenters. The van der Waals surface area contributed by atoms with Crippen molar-refractivity contribution >= 4 is 33.4 Å². The monoisotopic (exact) mass is 513 g/mol. The van der Waals surface area contributed by atoms with E-state index in [0.29, 0.717) is 10.6 Å². The van der Waals surface area contributed by atoms with Gasteiger partial charge >= 0.3 is 0 Å². The standard InChI is InChI=1S/C26H28ClN3O4S/c1-29(35(2,33)34)19-24(31)30(18-21-9-5-3-6-10-21)25(22-11-7-4-8-12-22)26(32)28-17-20-13-15-23(27)16-14-20/h3-16,25H,17-19H2,1-2H3,(H,28,32)/t25-/m0/s1. The zero-order valence-electron chi connectivity index (χ0n) is 19.6. The van der Waals surface area contributed by atoms with Crippen molar-refractivity contribution in [2.75, 3.05) is 19.8 Å². The van der Waals surface area contributed by atoms with Crippen LogP contribution in [0.3, 0.4) is 0 Å². The molecular formula is C26H28ClN3O4S. The van der Waals surface area contributed by atoms with Crippen molar-refractivity contribution in [2.24, 2.45) is 0 Å². The van der Waals surface area contributed by atoms with Crippen LogP contribution in [0.4, 0.5) is 0 Å². The molecule has 0 heterocycles. The lowest BCUT2D eigenvalue weighted by atomic mass is 10.0. The number of halogens is 1. The third-order valence-electron chi connectivity index (χ3n) is 5.50. The molecule has 2 amide bonds. The van der Waals surface area contributed by atoms with Crippen LogP contribution in [-0.4, -0.2) is 49.3 Å². The second-order valence-corrected chi connectivity index (χ2v) is 10.7. The van der Waals surface area contributed by atoms with E-state index < -0.39 is 22.0 Å². The number of hydrogen-bond donors (Lipinski definition) is 1. The number of rotatable bonds is 10. The van der Waals surface area contributed by atoms with Gasteiger partial charge in [-0.2, -0.15) is 4.31 Å². The number of likely N-dealkylation sites (N-methyl/N-ethyl adjacent to an activating group) is 1. The summed E-state index contributed by atoms with van der Waals surface area (Å²) in [5, 5.41) is 3.51. The molecule has 9 heteroatoms. The molecule has 3 rings (SSSR count). The second-order valence-electron chi connectivity index (χ2n) is 8.18. The van der Waals surface area contributed by atoms with Gasteiger partial charge in [0.15, 0.2) is 0 Å². The van der Waals surface area contributed by atoms with Crippen molar-refractivity contribution in [1.82, 2.24) is 14.5 Å². The lowest BCUT2D eigenvalue weighted by molar-refractivity contribution is -0.141. The first-order chi connectivity index (χ1) is 16.6. The highest BCUT2D eigenvalue weighted by atomic mass is 35.5. The van der Waals surface area contributed by atoms with E-state index in [0.717, 1.165) is 21.7 Å². The van der Waals surface area contributed by atoms with E-state index in [1.807, 2.05) is 48.5 Å². The van der Waals surface area contributed by atoms with Gasteiger partial charge in [0.2, 0.25) is 21.8 Å². The molecule has 0 saturated heterocycles.